The number of rotatable bonds is 9. The molecule has 2 atom stereocenters. The maximum absolute atomic E-state index is 10.6. The van der Waals surface area contributed by atoms with E-state index in [-0.39, 0.29) is 11.7 Å². The number of benzene rings is 1. The summed E-state index contributed by atoms with van der Waals surface area (Å²) in [6.45, 7) is 9.71. The van der Waals surface area contributed by atoms with Gasteiger partial charge in [0.1, 0.15) is 0 Å². The smallest absolute Gasteiger partial charge is 0.269 e. The van der Waals surface area contributed by atoms with Crippen LogP contribution < -0.4 is 5.32 Å². The van der Waals surface area contributed by atoms with Crippen LogP contribution in [0.25, 0.3) is 0 Å². The van der Waals surface area contributed by atoms with Gasteiger partial charge in [-0.05, 0) is 37.7 Å². The molecule has 0 aliphatic heterocycles. The van der Waals surface area contributed by atoms with E-state index < -0.39 is 11.0 Å². The van der Waals surface area contributed by atoms with Crippen LogP contribution in [0.2, 0.25) is 0 Å². The molecule has 6 nitrogen and oxygen atoms in total. The van der Waals surface area contributed by atoms with E-state index in [1.54, 1.807) is 12.1 Å². The molecule has 1 aromatic carbocycles. The average Bonchev–Trinajstić information content (AvgIpc) is 2.50. The molecule has 0 aromatic heterocycles. The molecule has 21 heavy (non-hydrogen) atoms. The van der Waals surface area contributed by atoms with Crippen LogP contribution in [-0.4, -0.2) is 47.2 Å². The minimum atomic E-state index is -0.662. The maximum atomic E-state index is 10.6. The van der Waals surface area contributed by atoms with Crippen LogP contribution in [0, 0.1) is 10.1 Å². The number of hydrogen-bond acceptors (Lipinski definition) is 5. The molecule has 1 rings (SSSR count). The molecule has 0 spiro atoms. The second-order valence-corrected chi connectivity index (χ2v) is 5.16. The number of likely N-dealkylation sites (N-methyl/N-ethyl adjacent to an activating group) is 1. The van der Waals surface area contributed by atoms with Gasteiger partial charge in [0, 0.05) is 31.3 Å². The number of nitrogens with zero attached hydrogens (tertiary/aromatic N) is 2. The van der Waals surface area contributed by atoms with Gasteiger partial charge < -0.3 is 15.3 Å². The molecule has 0 saturated carbocycles. The van der Waals surface area contributed by atoms with Gasteiger partial charge in [0.2, 0.25) is 0 Å². The molecule has 0 bridgehead atoms. The van der Waals surface area contributed by atoms with Crippen molar-refractivity contribution in [2.24, 2.45) is 0 Å². The maximum Gasteiger partial charge on any atom is 0.269 e. The van der Waals surface area contributed by atoms with Crippen molar-refractivity contribution in [1.82, 2.24) is 10.2 Å². The highest BCUT2D eigenvalue weighted by Crippen LogP contribution is 2.17. The highest BCUT2D eigenvalue weighted by molar-refractivity contribution is 5.33. The molecule has 6 heteroatoms. The van der Waals surface area contributed by atoms with Crippen molar-refractivity contribution in [2.75, 3.05) is 26.2 Å². The molecule has 2 N–H and O–H groups in total. The summed E-state index contributed by atoms with van der Waals surface area (Å²) in [6.07, 6.45) is -0.662. The highest BCUT2D eigenvalue weighted by Gasteiger charge is 2.12. The van der Waals surface area contributed by atoms with Crippen LogP contribution in [0.1, 0.15) is 32.4 Å². The molecule has 0 amide bonds. The third kappa shape index (κ3) is 5.79. The first-order valence-electron chi connectivity index (χ1n) is 7.36. The Morgan fingerprint density at radius 3 is 2.33 bits per heavy atom. The number of aliphatic hydroxyl groups excluding tert-OH is 1. The van der Waals surface area contributed by atoms with Crippen molar-refractivity contribution in [3.8, 4) is 0 Å². The van der Waals surface area contributed by atoms with Gasteiger partial charge in [-0.25, -0.2) is 0 Å². The number of nitro groups is 1. The lowest BCUT2D eigenvalue weighted by atomic mass is 10.1. The highest BCUT2D eigenvalue weighted by atomic mass is 16.6. The largest absolute Gasteiger partial charge is 0.387 e. The fourth-order valence-corrected chi connectivity index (χ4v) is 2.18. The van der Waals surface area contributed by atoms with Crippen molar-refractivity contribution in [3.05, 3.63) is 39.9 Å². The number of nitro benzene ring substituents is 1. The summed E-state index contributed by atoms with van der Waals surface area (Å²) in [5.74, 6) is 0. The summed E-state index contributed by atoms with van der Waals surface area (Å²) in [5, 5.41) is 24.0. The van der Waals surface area contributed by atoms with E-state index in [1.165, 1.54) is 12.1 Å². The number of non-ortho nitro benzene ring substituents is 1. The van der Waals surface area contributed by atoms with Crippen molar-refractivity contribution >= 4 is 5.69 Å². The molecular weight excluding hydrogens is 270 g/mol. The summed E-state index contributed by atoms with van der Waals surface area (Å²) in [7, 11) is 0. The van der Waals surface area contributed by atoms with E-state index in [0.29, 0.717) is 12.1 Å². The Balaban J connectivity index is 2.45. The lowest BCUT2D eigenvalue weighted by molar-refractivity contribution is -0.384. The molecule has 118 valence electrons. The van der Waals surface area contributed by atoms with E-state index in [1.807, 2.05) is 0 Å². The van der Waals surface area contributed by atoms with Gasteiger partial charge in [0.25, 0.3) is 5.69 Å². The van der Waals surface area contributed by atoms with Crippen LogP contribution in [-0.2, 0) is 0 Å². The molecule has 0 radical (unpaired) electrons. The van der Waals surface area contributed by atoms with Gasteiger partial charge in [-0.15, -0.1) is 0 Å². The van der Waals surface area contributed by atoms with Crippen molar-refractivity contribution in [3.63, 3.8) is 0 Å². The molecule has 2 unspecified atom stereocenters. The zero-order valence-corrected chi connectivity index (χ0v) is 13.0. The third-order valence-corrected chi connectivity index (χ3v) is 3.57. The lowest BCUT2D eigenvalue weighted by Crippen LogP contribution is -2.40. The molecule has 0 aliphatic rings. The standard InChI is InChI=1S/C15H25N3O3/c1-4-17(5-2)11-12(3)16-10-15(19)13-6-8-14(9-7-13)18(20)21/h6-9,12,15-16,19H,4-5,10-11H2,1-3H3. The molecule has 0 saturated heterocycles. The van der Waals surface area contributed by atoms with Crippen molar-refractivity contribution in [1.29, 1.82) is 0 Å². The first-order valence-corrected chi connectivity index (χ1v) is 7.36. The Bertz CT molecular complexity index is 432. The predicted octanol–water partition coefficient (Wildman–Crippen LogP) is 1.95. The predicted molar refractivity (Wildman–Crippen MR) is 83.3 cm³/mol. The van der Waals surface area contributed by atoms with Gasteiger partial charge in [0.05, 0.1) is 11.0 Å². The fraction of sp³-hybridized carbons (Fsp3) is 0.600. The normalized spacial score (nSPS) is 14.1. The average molecular weight is 295 g/mol. The van der Waals surface area contributed by atoms with Crippen LogP contribution in [0.5, 0.6) is 0 Å². The minimum Gasteiger partial charge on any atom is -0.387 e. The molecular formula is C15H25N3O3. The van der Waals surface area contributed by atoms with E-state index in [2.05, 4.69) is 31.0 Å². The van der Waals surface area contributed by atoms with Crippen molar-refractivity contribution < 1.29 is 10.0 Å². The summed E-state index contributed by atoms with van der Waals surface area (Å²) >= 11 is 0. The zero-order chi connectivity index (χ0) is 15.8. The molecule has 1 aromatic rings. The first kappa shape index (κ1) is 17.6. The topological polar surface area (TPSA) is 78.6 Å². The Morgan fingerprint density at radius 1 is 1.29 bits per heavy atom. The monoisotopic (exact) mass is 295 g/mol. The van der Waals surface area contributed by atoms with Crippen LogP contribution in [0.15, 0.2) is 24.3 Å². The lowest BCUT2D eigenvalue weighted by Gasteiger charge is -2.24. The number of hydrogen-bond donors (Lipinski definition) is 2. The summed E-state index contributed by atoms with van der Waals surface area (Å²) in [5.41, 5.74) is 0.719. The summed E-state index contributed by atoms with van der Waals surface area (Å²) < 4.78 is 0. The third-order valence-electron chi connectivity index (χ3n) is 3.57. The number of aliphatic hydroxyl groups is 1. The first-order chi connectivity index (χ1) is 9.97. The van der Waals surface area contributed by atoms with Gasteiger partial charge >= 0.3 is 0 Å². The van der Waals surface area contributed by atoms with E-state index in [9.17, 15) is 15.2 Å². The van der Waals surface area contributed by atoms with Crippen LogP contribution in [0.4, 0.5) is 5.69 Å². The van der Waals surface area contributed by atoms with Gasteiger partial charge in [-0.1, -0.05) is 13.8 Å². The zero-order valence-electron chi connectivity index (χ0n) is 13.0. The Kier molecular flexibility index (Phi) is 7.28. The Hall–Kier alpha value is -1.50. The van der Waals surface area contributed by atoms with Crippen LogP contribution >= 0.6 is 0 Å². The summed E-state index contributed by atoms with van der Waals surface area (Å²) in [4.78, 5) is 12.5. The van der Waals surface area contributed by atoms with Crippen molar-refractivity contribution in [2.45, 2.75) is 32.9 Å². The van der Waals surface area contributed by atoms with E-state index >= 15 is 0 Å². The van der Waals surface area contributed by atoms with E-state index in [0.717, 1.165) is 19.6 Å². The molecule has 0 heterocycles. The number of nitrogens with one attached hydrogen (secondary N) is 1. The quantitative estimate of drug-likeness (QED) is 0.538. The van der Waals surface area contributed by atoms with Gasteiger partial charge in [-0.2, -0.15) is 0 Å². The summed E-state index contributed by atoms with van der Waals surface area (Å²) in [6, 6.07) is 6.30. The Labute approximate surface area is 125 Å². The fourth-order valence-electron chi connectivity index (χ4n) is 2.18. The molecule has 0 aliphatic carbocycles. The van der Waals surface area contributed by atoms with Gasteiger partial charge in [-0.3, -0.25) is 10.1 Å². The van der Waals surface area contributed by atoms with E-state index in [4.69, 9.17) is 0 Å². The molecule has 0 fully saturated rings. The minimum absolute atomic E-state index is 0.0359. The SMILES string of the molecule is CCN(CC)CC(C)NCC(O)c1ccc([N+](=O)[O-])cc1. The second-order valence-electron chi connectivity index (χ2n) is 5.16. The van der Waals surface area contributed by atoms with Crippen LogP contribution in [0.3, 0.4) is 0 Å². The second kappa shape index (κ2) is 8.71. The Morgan fingerprint density at radius 2 is 1.86 bits per heavy atom. The van der Waals surface area contributed by atoms with Gasteiger partial charge in [0.15, 0.2) is 0 Å².